The molecule has 0 aliphatic heterocycles. The summed E-state index contributed by atoms with van der Waals surface area (Å²) in [6, 6.07) is 46.2. The van der Waals surface area contributed by atoms with E-state index in [0.717, 1.165) is 11.1 Å². The topological polar surface area (TPSA) is 0 Å². The van der Waals surface area contributed by atoms with Gasteiger partial charge in [0.15, 0.2) is 0 Å². The van der Waals surface area contributed by atoms with Gasteiger partial charge in [-0.2, -0.15) is 0 Å². The fourth-order valence-electron chi connectivity index (χ4n) is 6.24. The predicted molar refractivity (Wildman–Crippen MR) is 180 cm³/mol. The first-order chi connectivity index (χ1) is 20.1. The lowest BCUT2D eigenvalue weighted by molar-refractivity contribution is 1.50. The van der Waals surface area contributed by atoms with Gasteiger partial charge in [-0.15, -0.1) is 0 Å². The zero-order valence-electron chi connectivity index (χ0n) is 23.2. The van der Waals surface area contributed by atoms with Gasteiger partial charge in [0.25, 0.3) is 0 Å². The van der Waals surface area contributed by atoms with Crippen LogP contribution in [0.25, 0.3) is 77.9 Å². The molecule has 0 spiro atoms. The van der Waals surface area contributed by atoms with Gasteiger partial charge in [-0.05, 0) is 95.9 Å². The first-order valence-electron chi connectivity index (χ1n) is 14.1. The molecule has 0 nitrogen and oxygen atoms in total. The Morgan fingerprint density at radius 2 is 0.878 bits per heavy atom. The van der Waals surface area contributed by atoms with E-state index in [1.165, 1.54) is 71.3 Å². The maximum absolute atomic E-state index is 4.27. The Hall–Kier alpha value is -5.20. The molecule has 0 radical (unpaired) electrons. The molecule has 0 unspecified atom stereocenters. The van der Waals surface area contributed by atoms with Crippen molar-refractivity contribution in [3.05, 3.63) is 157 Å². The average molecular weight is 523 g/mol. The lowest BCUT2D eigenvalue weighted by atomic mass is 9.83. The van der Waals surface area contributed by atoms with Crippen LogP contribution < -0.4 is 0 Å². The average Bonchev–Trinajstić information content (AvgIpc) is 3.03. The standard InChI is InChI=1S/C41H30/c1-4-36-37(5-2)41(35-23-22-32-24-27(3)14-15-34(32)26-35)39-13-9-8-12-38(39)40(36)30-19-16-29(17-20-30)33-21-18-28-10-6-7-11-31(28)25-33/h4-26H,1-2H2,3H3. The van der Waals surface area contributed by atoms with E-state index in [4.69, 9.17) is 0 Å². The van der Waals surface area contributed by atoms with Crippen molar-refractivity contribution in [3.8, 4) is 33.4 Å². The Balaban J connectivity index is 1.42. The summed E-state index contributed by atoms with van der Waals surface area (Å²) in [4.78, 5) is 0. The molecule has 194 valence electrons. The molecular formula is C41H30. The normalized spacial score (nSPS) is 11.2. The molecule has 0 heteroatoms. The molecule has 0 fully saturated rings. The second-order valence-corrected chi connectivity index (χ2v) is 10.7. The molecule has 0 amide bonds. The third kappa shape index (κ3) is 4.26. The van der Waals surface area contributed by atoms with Crippen LogP contribution in [0.5, 0.6) is 0 Å². The van der Waals surface area contributed by atoms with Gasteiger partial charge >= 0.3 is 0 Å². The number of fused-ring (bicyclic) bond motifs is 3. The molecule has 7 aromatic rings. The van der Waals surface area contributed by atoms with E-state index in [1.807, 2.05) is 12.2 Å². The maximum atomic E-state index is 4.27. The van der Waals surface area contributed by atoms with E-state index in [1.54, 1.807) is 0 Å². The van der Waals surface area contributed by atoms with Crippen molar-refractivity contribution in [1.29, 1.82) is 0 Å². The first kappa shape index (κ1) is 24.8. The summed E-state index contributed by atoms with van der Waals surface area (Å²) in [5.41, 5.74) is 10.7. The van der Waals surface area contributed by atoms with Gasteiger partial charge in [-0.1, -0.05) is 146 Å². The van der Waals surface area contributed by atoms with E-state index in [2.05, 4.69) is 147 Å². The highest BCUT2D eigenvalue weighted by Crippen LogP contribution is 2.44. The Labute approximate surface area is 241 Å². The highest BCUT2D eigenvalue weighted by Gasteiger charge is 2.19. The van der Waals surface area contributed by atoms with Crippen LogP contribution in [0.15, 0.2) is 141 Å². The second-order valence-electron chi connectivity index (χ2n) is 10.7. The zero-order valence-corrected chi connectivity index (χ0v) is 23.2. The number of hydrogen-bond acceptors (Lipinski definition) is 0. The Bertz CT molecular complexity index is 2120. The zero-order chi connectivity index (χ0) is 27.9. The molecule has 0 aliphatic carbocycles. The van der Waals surface area contributed by atoms with Crippen LogP contribution >= 0.6 is 0 Å². The molecule has 0 heterocycles. The fraction of sp³-hybridized carbons (Fsp3) is 0.0244. The smallest absolute Gasteiger partial charge is 0.00264 e. The second kappa shape index (κ2) is 10.1. The summed E-state index contributed by atoms with van der Waals surface area (Å²) in [6.07, 6.45) is 3.98. The monoisotopic (exact) mass is 522 g/mol. The number of aryl methyl sites for hydroxylation is 1. The minimum Gasteiger partial charge on any atom is -0.0984 e. The van der Waals surface area contributed by atoms with Crippen LogP contribution in [0.3, 0.4) is 0 Å². The SMILES string of the molecule is C=Cc1c(C=C)c(-c2ccc3cc(C)ccc3c2)c2ccccc2c1-c1ccc(-c2ccc3ccccc3c2)cc1. The summed E-state index contributed by atoms with van der Waals surface area (Å²) in [6.45, 7) is 10.7. The van der Waals surface area contributed by atoms with Crippen molar-refractivity contribution in [2.45, 2.75) is 6.92 Å². The molecule has 0 aliphatic rings. The van der Waals surface area contributed by atoms with Crippen LogP contribution in [0.2, 0.25) is 0 Å². The number of hydrogen-bond donors (Lipinski definition) is 0. The molecule has 0 atom stereocenters. The van der Waals surface area contributed by atoms with E-state index in [-0.39, 0.29) is 0 Å². The fourth-order valence-corrected chi connectivity index (χ4v) is 6.24. The van der Waals surface area contributed by atoms with E-state index in [0.29, 0.717) is 0 Å². The van der Waals surface area contributed by atoms with Crippen LogP contribution in [-0.2, 0) is 0 Å². The highest BCUT2D eigenvalue weighted by molar-refractivity contribution is 6.12. The van der Waals surface area contributed by atoms with E-state index < -0.39 is 0 Å². The lowest BCUT2D eigenvalue weighted by Crippen LogP contribution is -1.96. The van der Waals surface area contributed by atoms with Gasteiger partial charge in [0.05, 0.1) is 0 Å². The van der Waals surface area contributed by atoms with Crippen molar-refractivity contribution in [2.75, 3.05) is 0 Å². The minimum atomic E-state index is 1.11. The summed E-state index contributed by atoms with van der Waals surface area (Å²) in [5.74, 6) is 0. The van der Waals surface area contributed by atoms with E-state index in [9.17, 15) is 0 Å². The van der Waals surface area contributed by atoms with Gasteiger partial charge in [0, 0.05) is 0 Å². The van der Waals surface area contributed by atoms with Crippen molar-refractivity contribution < 1.29 is 0 Å². The molecule has 0 saturated heterocycles. The van der Waals surface area contributed by atoms with Gasteiger partial charge in [-0.25, -0.2) is 0 Å². The Morgan fingerprint density at radius 3 is 1.59 bits per heavy atom. The maximum Gasteiger partial charge on any atom is -0.00264 e. The highest BCUT2D eigenvalue weighted by atomic mass is 14.2. The van der Waals surface area contributed by atoms with Crippen LogP contribution in [0, 0.1) is 6.92 Å². The van der Waals surface area contributed by atoms with E-state index >= 15 is 0 Å². The van der Waals surface area contributed by atoms with Crippen molar-refractivity contribution >= 4 is 44.5 Å². The summed E-state index contributed by atoms with van der Waals surface area (Å²) >= 11 is 0. The molecule has 0 N–H and O–H groups in total. The lowest BCUT2D eigenvalue weighted by Gasteiger charge is -2.20. The largest absolute Gasteiger partial charge is 0.0984 e. The molecule has 41 heavy (non-hydrogen) atoms. The van der Waals surface area contributed by atoms with Crippen LogP contribution in [-0.4, -0.2) is 0 Å². The molecule has 0 bridgehead atoms. The minimum absolute atomic E-state index is 1.11. The number of rotatable bonds is 5. The quantitative estimate of drug-likeness (QED) is 0.211. The molecule has 7 aromatic carbocycles. The van der Waals surface area contributed by atoms with Gasteiger partial charge in [-0.3, -0.25) is 0 Å². The Kier molecular flexibility index (Phi) is 6.10. The third-order valence-electron chi connectivity index (χ3n) is 8.24. The summed E-state index contributed by atoms with van der Waals surface area (Å²) in [7, 11) is 0. The summed E-state index contributed by atoms with van der Waals surface area (Å²) in [5, 5.41) is 7.43. The van der Waals surface area contributed by atoms with Crippen molar-refractivity contribution in [2.24, 2.45) is 0 Å². The van der Waals surface area contributed by atoms with Gasteiger partial charge < -0.3 is 0 Å². The predicted octanol–water partition coefficient (Wildman–Crippen LogP) is 11.7. The van der Waals surface area contributed by atoms with Crippen LogP contribution in [0.4, 0.5) is 0 Å². The Morgan fingerprint density at radius 1 is 0.415 bits per heavy atom. The van der Waals surface area contributed by atoms with Crippen molar-refractivity contribution in [3.63, 3.8) is 0 Å². The van der Waals surface area contributed by atoms with Gasteiger partial charge in [0.1, 0.15) is 0 Å². The van der Waals surface area contributed by atoms with Crippen molar-refractivity contribution in [1.82, 2.24) is 0 Å². The molecule has 0 aromatic heterocycles. The van der Waals surface area contributed by atoms with Gasteiger partial charge in [0.2, 0.25) is 0 Å². The third-order valence-corrected chi connectivity index (χ3v) is 8.24. The molecule has 0 saturated carbocycles. The summed E-state index contributed by atoms with van der Waals surface area (Å²) < 4.78 is 0. The van der Waals surface area contributed by atoms with Crippen LogP contribution in [0.1, 0.15) is 16.7 Å². The first-order valence-corrected chi connectivity index (χ1v) is 14.1. The molecular weight excluding hydrogens is 492 g/mol. The molecule has 7 rings (SSSR count). The number of benzene rings is 7.